The van der Waals surface area contributed by atoms with E-state index >= 15 is 0 Å². The Balaban J connectivity index is 3.40. The maximum absolute atomic E-state index is 11.7. The van der Waals surface area contributed by atoms with Gasteiger partial charge in [-0.15, -0.1) is 5.54 Å². The second-order valence-electron chi connectivity index (χ2n) is 6.87. The van der Waals surface area contributed by atoms with Crippen LogP contribution in [0.3, 0.4) is 0 Å². The molecule has 0 saturated carbocycles. The predicted octanol–water partition coefficient (Wildman–Crippen LogP) is 4.75. The van der Waals surface area contributed by atoms with Gasteiger partial charge in [0.05, 0.1) is 18.2 Å². The summed E-state index contributed by atoms with van der Waals surface area (Å²) in [5.74, 6) is 2.85. The first-order valence-corrected chi connectivity index (χ1v) is 10.3. The number of phenolic OH excluding ortho intramolecular Hbond substituents is 1. The molecule has 1 aromatic carbocycles. The maximum atomic E-state index is 11.7. The smallest absolute Gasteiger partial charge is 0.337 e. The van der Waals surface area contributed by atoms with E-state index in [1.165, 1.54) is 13.2 Å². The molecule has 0 aliphatic heterocycles. The zero-order valence-electron chi connectivity index (χ0n) is 15.2. The van der Waals surface area contributed by atoms with Crippen LogP contribution in [0.25, 0.3) is 0 Å². The molecule has 3 nitrogen and oxygen atoms in total. The second kappa shape index (κ2) is 7.70. The number of phenols is 1. The molecule has 23 heavy (non-hydrogen) atoms. The van der Waals surface area contributed by atoms with Crippen LogP contribution in [0, 0.1) is 11.5 Å². The first-order valence-electron chi connectivity index (χ1n) is 8.11. The Kier molecular flexibility index (Phi) is 6.46. The van der Waals surface area contributed by atoms with Gasteiger partial charge in [0.15, 0.2) is 0 Å². The SMILES string of the molecule is COC(=O)c1ccc(O)c(C#C[Si](C(C)C)(C(C)C)C(C)C)c1. The molecule has 0 spiro atoms. The second-order valence-corrected chi connectivity index (χ2v) is 12.5. The van der Waals surface area contributed by atoms with E-state index in [2.05, 4.69) is 53.0 Å². The first-order chi connectivity index (χ1) is 10.7. The Hall–Kier alpha value is -1.73. The molecule has 0 fully saturated rings. The number of hydrogen-bond donors (Lipinski definition) is 1. The van der Waals surface area contributed by atoms with Crippen LogP contribution in [0.4, 0.5) is 0 Å². The van der Waals surface area contributed by atoms with E-state index in [1.54, 1.807) is 12.1 Å². The summed E-state index contributed by atoms with van der Waals surface area (Å²) in [6.45, 7) is 13.5. The van der Waals surface area contributed by atoms with Gasteiger partial charge in [-0.3, -0.25) is 0 Å². The minimum atomic E-state index is -1.87. The minimum Gasteiger partial charge on any atom is -0.507 e. The van der Waals surface area contributed by atoms with Crippen molar-refractivity contribution in [2.75, 3.05) is 7.11 Å². The van der Waals surface area contributed by atoms with E-state index in [9.17, 15) is 9.90 Å². The number of methoxy groups -OCH3 is 1. The highest BCUT2D eigenvalue weighted by molar-refractivity contribution is 6.90. The summed E-state index contributed by atoms with van der Waals surface area (Å²) < 4.78 is 4.73. The van der Waals surface area contributed by atoms with E-state index in [-0.39, 0.29) is 5.75 Å². The number of ether oxygens (including phenoxy) is 1. The molecule has 1 N–H and O–H groups in total. The van der Waals surface area contributed by atoms with E-state index in [1.807, 2.05) is 0 Å². The van der Waals surface area contributed by atoms with Crippen LogP contribution in [-0.2, 0) is 4.74 Å². The lowest BCUT2D eigenvalue weighted by atomic mass is 10.1. The molecule has 0 heterocycles. The fourth-order valence-corrected chi connectivity index (χ4v) is 8.71. The summed E-state index contributed by atoms with van der Waals surface area (Å²) in [6.07, 6.45) is 0. The maximum Gasteiger partial charge on any atom is 0.337 e. The predicted molar refractivity (Wildman–Crippen MR) is 97.4 cm³/mol. The number of carbonyl (C=O) groups is 1. The van der Waals surface area contributed by atoms with Crippen molar-refractivity contribution in [3.63, 3.8) is 0 Å². The summed E-state index contributed by atoms with van der Waals surface area (Å²) in [5, 5.41) is 10.1. The zero-order chi connectivity index (χ0) is 17.8. The molecular formula is C19H28O3Si. The van der Waals surface area contributed by atoms with Gasteiger partial charge in [-0.25, -0.2) is 4.79 Å². The fourth-order valence-electron chi connectivity index (χ4n) is 3.49. The molecule has 0 atom stereocenters. The van der Waals surface area contributed by atoms with E-state index < -0.39 is 14.0 Å². The van der Waals surface area contributed by atoms with Crippen molar-refractivity contribution in [2.45, 2.75) is 58.2 Å². The average Bonchev–Trinajstić information content (AvgIpc) is 2.47. The third-order valence-corrected chi connectivity index (χ3v) is 11.0. The first kappa shape index (κ1) is 19.3. The van der Waals surface area contributed by atoms with Gasteiger partial charge in [-0.1, -0.05) is 47.5 Å². The molecule has 1 aromatic rings. The van der Waals surface area contributed by atoms with Gasteiger partial charge in [-0.2, -0.15) is 0 Å². The van der Waals surface area contributed by atoms with Crippen LogP contribution in [-0.4, -0.2) is 26.3 Å². The third kappa shape index (κ3) is 3.97. The van der Waals surface area contributed by atoms with Crippen molar-refractivity contribution in [3.05, 3.63) is 29.3 Å². The van der Waals surface area contributed by atoms with Crippen LogP contribution in [0.1, 0.15) is 57.5 Å². The molecule has 0 saturated heterocycles. The topological polar surface area (TPSA) is 46.5 Å². The van der Waals surface area contributed by atoms with Gasteiger partial charge in [-0.05, 0) is 34.8 Å². The summed E-state index contributed by atoms with van der Waals surface area (Å²) in [5.41, 5.74) is 5.99. The Morgan fingerprint density at radius 3 is 2.04 bits per heavy atom. The summed E-state index contributed by atoms with van der Waals surface area (Å²) >= 11 is 0. The van der Waals surface area contributed by atoms with Crippen molar-refractivity contribution in [3.8, 4) is 17.2 Å². The average molecular weight is 333 g/mol. The molecule has 0 aliphatic rings. The number of aromatic hydroxyl groups is 1. The highest BCUT2D eigenvalue weighted by Gasteiger charge is 2.41. The van der Waals surface area contributed by atoms with Crippen LogP contribution in [0.15, 0.2) is 18.2 Å². The zero-order valence-corrected chi connectivity index (χ0v) is 16.2. The Morgan fingerprint density at radius 1 is 1.09 bits per heavy atom. The number of rotatable bonds is 4. The van der Waals surface area contributed by atoms with Crippen LogP contribution >= 0.6 is 0 Å². The van der Waals surface area contributed by atoms with Crippen molar-refractivity contribution in [2.24, 2.45) is 0 Å². The lowest BCUT2D eigenvalue weighted by Gasteiger charge is -2.38. The van der Waals surface area contributed by atoms with Crippen molar-refractivity contribution in [1.82, 2.24) is 0 Å². The van der Waals surface area contributed by atoms with Crippen LogP contribution in [0.2, 0.25) is 16.6 Å². The molecule has 0 unspecified atom stereocenters. The monoisotopic (exact) mass is 332 g/mol. The van der Waals surface area contributed by atoms with Crippen LogP contribution < -0.4 is 0 Å². The molecule has 0 amide bonds. The third-order valence-electron chi connectivity index (χ3n) is 4.70. The van der Waals surface area contributed by atoms with Crippen molar-refractivity contribution >= 4 is 14.0 Å². The normalized spacial score (nSPS) is 11.6. The standard InChI is InChI=1S/C19H28O3Si/c1-13(2)23(14(3)4,15(5)6)11-10-16-12-17(19(21)22-7)8-9-18(16)20/h8-9,12-15,20H,1-7H3. The van der Waals surface area contributed by atoms with Gasteiger partial charge in [0.2, 0.25) is 0 Å². The van der Waals surface area contributed by atoms with E-state index in [0.717, 1.165) is 0 Å². The van der Waals surface area contributed by atoms with Gasteiger partial charge in [0.25, 0.3) is 0 Å². The largest absolute Gasteiger partial charge is 0.507 e. The minimum absolute atomic E-state index is 0.101. The molecule has 0 aromatic heterocycles. The number of esters is 1. The van der Waals surface area contributed by atoms with Gasteiger partial charge >= 0.3 is 5.97 Å². The number of carbonyl (C=O) groups excluding carboxylic acids is 1. The van der Waals surface area contributed by atoms with E-state index in [4.69, 9.17) is 4.74 Å². The molecule has 0 bridgehead atoms. The summed E-state index contributed by atoms with van der Waals surface area (Å²) in [7, 11) is -0.533. The van der Waals surface area contributed by atoms with Gasteiger partial charge in [0.1, 0.15) is 13.8 Å². The lowest BCUT2D eigenvalue weighted by Crippen LogP contribution is -2.43. The number of hydrogen-bond acceptors (Lipinski definition) is 3. The molecular weight excluding hydrogens is 304 g/mol. The quantitative estimate of drug-likeness (QED) is 0.492. The van der Waals surface area contributed by atoms with Crippen LogP contribution in [0.5, 0.6) is 5.75 Å². The highest BCUT2D eigenvalue weighted by Crippen LogP contribution is 2.40. The molecule has 1 rings (SSSR count). The number of benzene rings is 1. The highest BCUT2D eigenvalue weighted by atomic mass is 28.3. The summed E-state index contributed by atoms with van der Waals surface area (Å²) in [4.78, 5) is 11.7. The summed E-state index contributed by atoms with van der Waals surface area (Å²) in [6, 6.07) is 4.65. The van der Waals surface area contributed by atoms with Gasteiger partial charge in [0, 0.05) is 0 Å². The Bertz CT molecular complexity index is 599. The molecule has 0 radical (unpaired) electrons. The Labute approximate surface area is 141 Å². The fraction of sp³-hybridized carbons (Fsp3) is 0.526. The molecule has 126 valence electrons. The van der Waals surface area contributed by atoms with Crippen molar-refractivity contribution in [1.29, 1.82) is 0 Å². The van der Waals surface area contributed by atoms with E-state index in [0.29, 0.717) is 27.8 Å². The molecule has 4 heteroatoms. The van der Waals surface area contributed by atoms with Gasteiger partial charge < -0.3 is 9.84 Å². The lowest BCUT2D eigenvalue weighted by molar-refractivity contribution is 0.0600. The Morgan fingerprint density at radius 2 is 1.61 bits per heavy atom. The van der Waals surface area contributed by atoms with Crippen molar-refractivity contribution < 1.29 is 14.6 Å². The molecule has 0 aliphatic carbocycles.